The zero-order valence-corrected chi connectivity index (χ0v) is 56.0. The van der Waals surface area contributed by atoms with Gasteiger partial charge in [-0.3, -0.25) is 9.99 Å². The molecule has 0 saturated carbocycles. The quantitative estimate of drug-likeness (QED) is 0.112. The van der Waals surface area contributed by atoms with Gasteiger partial charge >= 0.3 is 0 Å². The Bertz CT molecular complexity index is 6880. The zero-order valence-electron chi connectivity index (χ0n) is 56.0. The monoisotopic (exact) mass is 1330 g/mol. The lowest BCUT2D eigenvalue weighted by molar-refractivity contribution is 0.661. The highest BCUT2D eigenvalue weighted by atomic mass is 16.3. The Balaban J connectivity index is 0.907. The average molecular weight is 1330 g/mol. The third kappa shape index (κ3) is 9.41. The molecule has 1 aliphatic heterocycles. The van der Waals surface area contributed by atoms with Crippen molar-refractivity contribution in [3.63, 3.8) is 0 Å². The Labute approximate surface area is 597 Å². The van der Waals surface area contributed by atoms with Gasteiger partial charge < -0.3 is 18.6 Å². The molecule has 5 heterocycles. The van der Waals surface area contributed by atoms with Crippen LogP contribution in [-0.4, -0.2) is 21.2 Å². The third-order valence-electron chi connectivity index (χ3n) is 21.0. The smallest absolute Gasteiger partial charge is 0.161 e. The molecule has 0 radical (unpaired) electrons. The normalized spacial score (nSPS) is 13.2. The minimum Gasteiger partial charge on any atom is -0.454 e. The van der Waals surface area contributed by atoms with E-state index in [9.17, 15) is 0 Å². The number of aromatic nitrogens is 3. The molecule has 0 aliphatic carbocycles. The van der Waals surface area contributed by atoms with Crippen LogP contribution in [0.3, 0.4) is 0 Å². The van der Waals surface area contributed by atoms with Gasteiger partial charge in [-0.05, 0) is 179 Å². The number of fused-ring (bicyclic) bond motifs is 7. The van der Waals surface area contributed by atoms with Crippen LogP contribution in [0.4, 0.5) is 39.8 Å². The number of rotatable bonds is 12. The van der Waals surface area contributed by atoms with E-state index in [0.717, 1.165) is 176 Å². The van der Waals surface area contributed by atoms with Crippen LogP contribution in [0.5, 0.6) is 0 Å². The summed E-state index contributed by atoms with van der Waals surface area (Å²) in [5.74, 6) is 0.615. The van der Waals surface area contributed by atoms with Crippen LogP contribution in [0.1, 0.15) is 11.6 Å². The Morgan fingerprint density at radius 2 is 0.952 bits per heavy atom. The fraction of sp³-hybridized carbons (Fsp3) is 0.0105. The van der Waals surface area contributed by atoms with Crippen molar-refractivity contribution in [1.29, 1.82) is 0 Å². The summed E-state index contributed by atoms with van der Waals surface area (Å²) in [6, 6.07) is 113. The number of benzene rings is 15. The summed E-state index contributed by atoms with van der Waals surface area (Å²) in [6.07, 6.45) is 11.6. The molecule has 0 bridgehead atoms. The van der Waals surface area contributed by atoms with E-state index in [2.05, 4.69) is 335 Å². The fourth-order valence-corrected chi connectivity index (χ4v) is 16.4. The van der Waals surface area contributed by atoms with E-state index < -0.39 is 0 Å². The van der Waals surface area contributed by atoms with Crippen molar-refractivity contribution in [2.45, 2.75) is 6.04 Å². The molecule has 1 atom stereocenters. The molecule has 1 unspecified atom stereocenters. The maximum atomic E-state index is 7.96. The second-order valence-corrected chi connectivity index (χ2v) is 26.8. The molecule has 0 fully saturated rings. The van der Waals surface area contributed by atoms with Crippen molar-refractivity contribution >= 4 is 155 Å². The molecule has 0 spiro atoms. The van der Waals surface area contributed by atoms with Gasteiger partial charge in [0.15, 0.2) is 17.0 Å². The molecule has 486 valence electrons. The van der Waals surface area contributed by atoms with Crippen molar-refractivity contribution < 1.29 is 8.83 Å². The number of hydrazone groups is 1. The van der Waals surface area contributed by atoms with Crippen LogP contribution in [0, 0.1) is 0 Å². The number of nitrogens with zero attached hydrogens (tertiary/aromatic N) is 7. The Hall–Kier alpha value is -14.0. The summed E-state index contributed by atoms with van der Waals surface area (Å²) < 4.78 is 15.8. The number of pyridine rings is 1. The second-order valence-electron chi connectivity index (χ2n) is 26.8. The van der Waals surface area contributed by atoms with Crippen LogP contribution in [-0.2, 0) is 0 Å². The number of hydrogen-bond acceptors (Lipinski definition) is 9. The van der Waals surface area contributed by atoms with Crippen molar-refractivity contribution in [2.24, 2.45) is 5.10 Å². The van der Waals surface area contributed by atoms with E-state index in [-0.39, 0.29) is 6.04 Å². The van der Waals surface area contributed by atoms with E-state index in [1.165, 1.54) is 5.39 Å². The molecule has 0 saturated heterocycles. The lowest BCUT2D eigenvalue weighted by Gasteiger charge is -2.29. The summed E-state index contributed by atoms with van der Waals surface area (Å²) >= 11 is 0. The van der Waals surface area contributed by atoms with Gasteiger partial charge in [-0.15, -0.1) is 0 Å². The van der Waals surface area contributed by atoms with Crippen molar-refractivity contribution in [3.05, 3.63) is 352 Å². The molecular weight excluding hydrogens is 1270 g/mol. The van der Waals surface area contributed by atoms with Crippen molar-refractivity contribution in [2.75, 3.05) is 14.8 Å². The standard InChI is InChI=1S/C95H59N7O2/c1-4-20-59(21-5-1)64-28-16-31-68(54-64)100(67-29-8-3-9-30-67)85-45-43-74-75-44-46-86(102-82(38-19-50-98-102)63-47-51-96-52-48-63)94-91(75)90-76(41-42-77(92(90)104-94)81-49-53-97-95(99-81)80-56-66-25-11-12-32-70(66)72-34-14-15-35-73(72)80)79-57-69(58-87-88(79)89(74)93(85)103-87)101(83-36-17-26-61-24-10-13-33-71(61)83)84-37-18-27-62-39-40-65(55-78(62)84)60-22-6-2-7-23-60/h1-58,82H. The van der Waals surface area contributed by atoms with Gasteiger partial charge in [0.1, 0.15) is 16.9 Å². The zero-order chi connectivity index (χ0) is 68.3. The second kappa shape index (κ2) is 23.8. The topological polar surface area (TPSA) is 87.0 Å². The van der Waals surface area contributed by atoms with Crippen molar-refractivity contribution in [3.8, 4) is 44.9 Å². The largest absolute Gasteiger partial charge is 0.454 e. The molecule has 0 amide bonds. The van der Waals surface area contributed by atoms with Gasteiger partial charge in [-0.1, -0.05) is 224 Å². The first-order chi connectivity index (χ1) is 51.6. The number of allylic oxidation sites excluding steroid dienone is 1. The first-order valence-corrected chi connectivity index (χ1v) is 35.2. The SMILES string of the molecule is C1=CC(c2ccncc2)N(c2ccc3c4ccc(N(c5ccccc5)c5cccc(-c6ccccc6)c5)c5oc6cc(N(c7cccc8ccccc78)c7cccc8ccc(-c9ccccc9)cc78)cc(c7ccc(-c8ccnc(-c9cc%10ccccc%10c%10ccccc9%10)n8)c8oc2c3c87)c6c54)N=C1. The Kier molecular flexibility index (Phi) is 13.5. The van der Waals surface area contributed by atoms with Crippen LogP contribution >= 0.6 is 0 Å². The number of para-hydroxylation sites is 1. The summed E-state index contributed by atoms with van der Waals surface area (Å²) in [6.45, 7) is 0. The van der Waals surface area contributed by atoms with E-state index in [1.807, 2.05) is 36.9 Å². The first-order valence-electron chi connectivity index (χ1n) is 35.2. The summed E-state index contributed by atoms with van der Waals surface area (Å²) in [4.78, 5) is 19.9. The van der Waals surface area contributed by atoms with Crippen LogP contribution in [0.25, 0.3) is 153 Å². The number of hydrogen-bond donors (Lipinski definition) is 0. The van der Waals surface area contributed by atoms with E-state index in [4.69, 9.17) is 23.9 Å². The minimum atomic E-state index is -0.289. The van der Waals surface area contributed by atoms with Gasteiger partial charge in [-0.25, -0.2) is 9.97 Å². The molecule has 1 aliphatic rings. The highest BCUT2D eigenvalue weighted by Crippen LogP contribution is 2.55. The summed E-state index contributed by atoms with van der Waals surface area (Å²) in [7, 11) is 0. The highest BCUT2D eigenvalue weighted by molar-refractivity contribution is 6.39. The summed E-state index contributed by atoms with van der Waals surface area (Å²) in [5, 5.41) is 24.0. The predicted molar refractivity (Wildman–Crippen MR) is 431 cm³/mol. The van der Waals surface area contributed by atoms with Crippen LogP contribution in [0.2, 0.25) is 0 Å². The maximum Gasteiger partial charge on any atom is 0.161 e. The van der Waals surface area contributed by atoms with E-state index >= 15 is 0 Å². The third-order valence-corrected chi connectivity index (χ3v) is 21.0. The Morgan fingerprint density at radius 1 is 0.337 bits per heavy atom. The molecule has 0 N–H and O–H groups in total. The summed E-state index contributed by atoms with van der Waals surface area (Å²) in [5.41, 5.74) is 17.4. The molecular formula is C95H59N7O2. The van der Waals surface area contributed by atoms with Gasteiger partial charge in [0.2, 0.25) is 0 Å². The lowest BCUT2D eigenvalue weighted by atomic mass is 9.91. The number of furan rings is 2. The van der Waals surface area contributed by atoms with E-state index in [1.54, 1.807) is 0 Å². The van der Waals surface area contributed by atoms with Gasteiger partial charge in [-0.2, -0.15) is 5.10 Å². The van der Waals surface area contributed by atoms with Crippen LogP contribution < -0.4 is 14.8 Å². The number of anilines is 7. The lowest BCUT2D eigenvalue weighted by Crippen LogP contribution is -2.24. The molecule has 9 nitrogen and oxygen atoms in total. The predicted octanol–water partition coefficient (Wildman–Crippen LogP) is 25.7. The maximum absolute atomic E-state index is 7.96. The van der Waals surface area contributed by atoms with Gasteiger partial charge in [0.05, 0.1) is 34.5 Å². The highest BCUT2D eigenvalue weighted by Gasteiger charge is 2.32. The van der Waals surface area contributed by atoms with E-state index in [0.29, 0.717) is 17.0 Å². The van der Waals surface area contributed by atoms with Crippen molar-refractivity contribution in [1.82, 2.24) is 15.0 Å². The molecule has 4 aromatic heterocycles. The molecule has 20 aromatic rings. The molecule has 9 heteroatoms. The molecule has 104 heavy (non-hydrogen) atoms. The Morgan fingerprint density at radius 3 is 1.75 bits per heavy atom. The first kappa shape index (κ1) is 58.9. The molecule has 16 aromatic carbocycles. The fourth-order valence-electron chi connectivity index (χ4n) is 16.4. The average Bonchev–Trinajstić information content (AvgIpc) is 1.51. The van der Waals surface area contributed by atoms with Crippen LogP contribution in [0.15, 0.2) is 360 Å². The molecule has 21 rings (SSSR count). The van der Waals surface area contributed by atoms with Gasteiger partial charge in [0.25, 0.3) is 0 Å². The van der Waals surface area contributed by atoms with Gasteiger partial charge in [0, 0.05) is 85.7 Å². The minimum absolute atomic E-state index is 0.289.